The van der Waals surface area contributed by atoms with E-state index >= 15 is 0 Å². The van der Waals surface area contributed by atoms with E-state index in [-0.39, 0.29) is 0 Å². The molecule has 0 atom stereocenters. The van der Waals surface area contributed by atoms with Gasteiger partial charge in [0.2, 0.25) is 0 Å². The maximum absolute atomic E-state index is 5.54. The van der Waals surface area contributed by atoms with Gasteiger partial charge in [-0.15, -0.1) is 0 Å². The molecule has 0 radical (unpaired) electrons. The summed E-state index contributed by atoms with van der Waals surface area (Å²) in [6, 6.07) is 8.16. The number of nitrogens with one attached hydrogen (secondary N) is 1. The van der Waals surface area contributed by atoms with E-state index in [9.17, 15) is 0 Å². The summed E-state index contributed by atoms with van der Waals surface area (Å²) < 4.78 is 0. The van der Waals surface area contributed by atoms with Gasteiger partial charge >= 0.3 is 0 Å². The zero-order chi connectivity index (χ0) is 7.68. The molecule has 0 aliphatic carbocycles. The molecule has 1 heterocycles. The summed E-state index contributed by atoms with van der Waals surface area (Å²) in [6.07, 6.45) is 1.96. The first-order chi connectivity index (χ1) is 5.42. The first-order valence-electron chi connectivity index (χ1n) is 3.67. The Balaban J connectivity index is 2.76. The zero-order valence-corrected chi connectivity index (χ0v) is 6.17. The van der Waals surface area contributed by atoms with Crippen LogP contribution in [0.4, 0.5) is 0 Å². The van der Waals surface area contributed by atoms with Crippen molar-refractivity contribution < 1.29 is 0 Å². The summed E-state index contributed by atoms with van der Waals surface area (Å²) in [4.78, 5) is 3.16. The summed E-state index contributed by atoms with van der Waals surface area (Å²) in [5.74, 6) is 0. The molecule has 2 rings (SSSR count). The number of nitrogens with two attached hydrogens (primary N) is 1. The smallest absolute Gasteiger partial charge is 0.0457 e. The Hall–Kier alpha value is -1.28. The Morgan fingerprint density at radius 3 is 3.00 bits per heavy atom. The maximum atomic E-state index is 5.54. The van der Waals surface area contributed by atoms with Crippen LogP contribution >= 0.6 is 0 Å². The lowest BCUT2D eigenvalue weighted by Crippen LogP contribution is -1.93. The first-order valence-corrected chi connectivity index (χ1v) is 3.67. The van der Waals surface area contributed by atoms with Gasteiger partial charge < -0.3 is 10.7 Å². The molecule has 0 saturated carbocycles. The van der Waals surface area contributed by atoms with Crippen LogP contribution in [0, 0.1) is 0 Å². The number of aromatic amines is 1. The lowest BCUT2D eigenvalue weighted by molar-refractivity contribution is 1.08. The van der Waals surface area contributed by atoms with Crippen LogP contribution in [-0.2, 0) is 6.54 Å². The van der Waals surface area contributed by atoms with Crippen molar-refractivity contribution in [2.24, 2.45) is 5.73 Å². The quantitative estimate of drug-likeness (QED) is 0.634. The lowest BCUT2D eigenvalue weighted by Gasteiger charge is -1.90. The van der Waals surface area contributed by atoms with Crippen molar-refractivity contribution in [3.05, 3.63) is 36.0 Å². The SMILES string of the molecule is NCc1[14cH][nH]c2ccccc12. The predicted octanol–water partition coefficient (Wildman–Crippen LogP) is 1.63. The Labute approximate surface area is 65.0 Å². The highest BCUT2D eigenvalue weighted by atomic mass is 15.1. The molecular formula is C9H10N2. The third kappa shape index (κ3) is 0.917. The monoisotopic (exact) mass is 148 g/mol. The van der Waals surface area contributed by atoms with Gasteiger partial charge in [0, 0.05) is 23.6 Å². The van der Waals surface area contributed by atoms with Crippen molar-refractivity contribution in [1.29, 1.82) is 0 Å². The molecule has 11 heavy (non-hydrogen) atoms. The summed E-state index contributed by atoms with van der Waals surface area (Å²) in [6.45, 7) is 0.601. The van der Waals surface area contributed by atoms with Gasteiger partial charge in [-0.2, -0.15) is 0 Å². The van der Waals surface area contributed by atoms with Crippen LogP contribution < -0.4 is 5.73 Å². The fourth-order valence-corrected chi connectivity index (χ4v) is 1.30. The highest BCUT2D eigenvalue weighted by Gasteiger charge is 1.98. The van der Waals surface area contributed by atoms with Gasteiger partial charge in [-0.1, -0.05) is 18.2 Å². The van der Waals surface area contributed by atoms with E-state index in [1.54, 1.807) is 0 Å². The number of aromatic nitrogens is 1. The molecule has 0 aliphatic rings. The van der Waals surface area contributed by atoms with E-state index in [1.807, 2.05) is 18.3 Å². The number of H-pyrrole nitrogens is 1. The van der Waals surface area contributed by atoms with Gasteiger partial charge in [0.05, 0.1) is 0 Å². The van der Waals surface area contributed by atoms with E-state index in [0.29, 0.717) is 6.54 Å². The fraction of sp³-hybridized carbons (Fsp3) is 0.111. The van der Waals surface area contributed by atoms with E-state index < -0.39 is 0 Å². The Morgan fingerprint density at radius 2 is 2.18 bits per heavy atom. The Bertz CT molecular complexity index is 362. The average molecular weight is 148 g/mol. The van der Waals surface area contributed by atoms with Crippen molar-refractivity contribution in [1.82, 2.24) is 4.98 Å². The lowest BCUT2D eigenvalue weighted by atomic mass is 10.2. The molecule has 0 fully saturated rings. The molecule has 0 aliphatic heterocycles. The Morgan fingerprint density at radius 1 is 1.36 bits per heavy atom. The second kappa shape index (κ2) is 2.40. The van der Waals surface area contributed by atoms with Crippen LogP contribution in [0.15, 0.2) is 30.5 Å². The minimum Gasteiger partial charge on any atom is -0.361 e. The van der Waals surface area contributed by atoms with E-state index in [0.717, 1.165) is 5.52 Å². The minimum absolute atomic E-state index is 0.601. The molecule has 1 aromatic heterocycles. The third-order valence-corrected chi connectivity index (χ3v) is 1.89. The molecule has 2 aromatic rings. The normalized spacial score (nSPS) is 10.6. The molecule has 0 spiro atoms. The highest BCUT2D eigenvalue weighted by molar-refractivity contribution is 5.82. The van der Waals surface area contributed by atoms with Gasteiger partial charge in [-0.25, -0.2) is 0 Å². The average Bonchev–Trinajstić information content (AvgIpc) is 2.47. The first kappa shape index (κ1) is 6.43. The molecule has 2 nitrogen and oxygen atoms in total. The van der Waals surface area contributed by atoms with Crippen LogP contribution in [0.1, 0.15) is 5.56 Å². The largest absolute Gasteiger partial charge is 0.361 e. The number of benzene rings is 1. The topological polar surface area (TPSA) is 41.8 Å². The molecule has 3 N–H and O–H groups in total. The standard InChI is InChI=1S/C9H10N2/c10-5-7-6-11-9-4-2-1-3-8(7)9/h1-4,6,11H,5,10H2/i6+2. The van der Waals surface area contributed by atoms with E-state index in [2.05, 4.69) is 17.1 Å². The number of hydrogen-bond acceptors (Lipinski definition) is 1. The predicted molar refractivity (Wildman–Crippen MR) is 46.2 cm³/mol. The fourth-order valence-electron chi connectivity index (χ4n) is 1.30. The number of fused-ring (bicyclic) bond motifs is 1. The van der Waals surface area contributed by atoms with Crippen LogP contribution in [0.5, 0.6) is 0 Å². The molecule has 0 bridgehead atoms. The minimum atomic E-state index is 0.601. The van der Waals surface area contributed by atoms with Crippen LogP contribution in [-0.4, -0.2) is 4.98 Å². The summed E-state index contributed by atoms with van der Waals surface area (Å²) in [7, 11) is 0. The molecular weight excluding hydrogens is 138 g/mol. The molecule has 0 amide bonds. The number of hydrogen-bond donors (Lipinski definition) is 2. The summed E-state index contributed by atoms with van der Waals surface area (Å²) in [5.41, 5.74) is 7.88. The summed E-state index contributed by atoms with van der Waals surface area (Å²) >= 11 is 0. The van der Waals surface area contributed by atoms with Crippen LogP contribution in [0.25, 0.3) is 10.9 Å². The van der Waals surface area contributed by atoms with Gasteiger partial charge in [0.15, 0.2) is 0 Å². The van der Waals surface area contributed by atoms with Gasteiger partial charge in [-0.05, 0) is 11.6 Å². The van der Waals surface area contributed by atoms with Crippen molar-refractivity contribution in [3.63, 3.8) is 0 Å². The molecule has 56 valence electrons. The highest BCUT2D eigenvalue weighted by Crippen LogP contribution is 2.16. The van der Waals surface area contributed by atoms with E-state index in [1.165, 1.54) is 10.9 Å². The molecule has 1 aromatic carbocycles. The van der Waals surface area contributed by atoms with E-state index in [4.69, 9.17) is 5.73 Å². The van der Waals surface area contributed by atoms with Crippen LogP contribution in [0.2, 0.25) is 0 Å². The molecule has 2 heteroatoms. The molecule has 0 unspecified atom stereocenters. The summed E-state index contributed by atoms with van der Waals surface area (Å²) in [5, 5.41) is 1.23. The zero-order valence-electron chi connectivity index (χ0n) is 6.17. The second-order valence-corrected chi connectivity index (χ2v) is 2.56. The number of rotatable bonds is 1. The Kier molecular flexibility index (Phi) is 1.40. The second-order valence-electron chi connectivity index (χ2n) is 2.56. The van der Waals surface area contributed by atoms with Gasteiger partial charge in [-0.3, -0.25) is 0 Å². The number of para-hydroxylation sites is 1. The molecule has 0 saturated heterocycles. The van der Waals surface area contributed by atoms with Gasteiger partial charge in [0.25, 0.3) is 0 Å². The van der Waals surface area contributed by atoms with Gasteiger partial charge in [0.1, 0.15) is 0 Å². The van der Waals surface area contributed by atoms with Crippen molar-refractivity contribution in [3.8, 4) is 0 Å². The third-order valence-electron chi connectivity index (χ3n) is 1.89. The van der Waals surface area contributed by atoms with Crippen molar-refractivity contribution >= 4 is 10.9 Å². The maximum Gasteiger partial charge on any atom is 0.0457 e. The van der Waals surface area contributed by atoms with Crippen molar-refractivity contribution in [2.75, 3.05) is 0 Å². The van der Waals surface area contributed by atoms with Crippen LogP contribution in [0.3, 0.4) is 0 Å². The van der Waals surface area contributed by atoms with Crippen molar-refractivity contribution in [2.45, 2.75) is 6.54 Å².